The number of nitrogens with zero attached hydrogens (tertiary/aromatic N) is 1. The minimum Gasteiger partial charge on any atom is -0.466 e. The molecule has 0 aliphatic rings. The first-order valence-electron chi connectivity index (χ1n) is 3.68. The molecule has 0 N–H and O–H groups in total. The predicted molar refractivity (Wildman–Crippen MR) is 41.1 cm³/mol. The SMILES string of the molecule is CCOC(=O)CCC(C)N=O. The Bertz CT molecular complexity index is 136. The molecule has 0 spiro atoms. The molecule has 0 heterocycles. The van der Waals surface area contributed by atoms with E-state index in [0.717, 1.165) is 0 Å². The van der Waals surface area contributed by atoms with Gasteiger partial charge < -0.3 is 4.74 Å². The minimum absolute atomic E-state index is 0.261. The summed E-state index contributed by atoms with van der Waals surface area (Å²) in [5.74, 6) is -0.261. The third-order valence-electron chi connectivity index (χ3n) is 1.25. The van der Waals surface area contributed by atoms with Gasteiger partial charge in [-0.05, 0) is 20.3 Å². The number of hydrogen-bond acceptors (Lipinski definition) is 4. The summed E-state index contributed by atoms with van der Waals surface area (Å²) in [6, 6.07) is -0.292. The van der Waals surface area contributed by atoms with E-state index >= 15 is 0 Å². The van der Waals surface area contributed by atoms with Crippen LogP contribution in [-0.4, -0.2) is 18.6 Å². The Balaban J connectivity index is 3.37. The normalized spacial score (nSPS) is 12.2. The van der Waals surface area contributed by atoms with Crippen LogP contribution in [-0.2, 0) is 9.53 Å². The zero-order valence-electron chi connectivity index (χ0n) is 6.87. The summed E-state index contributed by atoms with van der Waals surface area (Å²) in [7, 11) is 0. The number of carbonyl (C=O) groups is 1. The van der Waals surface area contributed by atoms with Gasteiger partial charge in [0, 0.05) is 6.42 Å². The fraction of sp³-hybridized carbons (Fsp3) is 0.857. The lowest BCUT2D eigenvalue weighted by Gasteiger charge is -2.01. The highest BCUT2D eigenvalue weighted by Crippen LogP contribution is 2.01. The fourth-order valence-corrected chi connectivity index (χ4v) is 0.613. The van der Waals surface area contributed by atoms with Crippen LogP contribution in [0.4, 0.5) is 0 Å². The van der Waals surface area contributed by atoms with Gasteiger partial charge in [0.15, 0.2) is 0 Å². The monoisotopic (exact) mass is 159 g/mol. The van der Waals surface area contributed by atoms with Gasteiger partial charge in [-0.3, -0.25) is 4.79 Å². The van der Waals surface area contributed by atoms with Crippen LogP contribution in [0.2, 0.25) is 0 Å². The Morgan fingerprint density at radius 2 is 2.27 bits per heavy atom. The highest BCUT2D eigenvalue weighted by molar-refractivity contribution is 5.69. The molecule has 1 atom stereocenters. The van der Waals surface area contributed by atoms with Gasteiger partial charge in [0.2, 0.25) is 0 Å². The number of rotatable bonds is 5. The van der Waals surface area contributed by atoms with E-state index in [1.807, 2.05) is 0 Å². The Morgan fingerprint density at radius 1 is 1.64 bits per heavy atom. The van der Waals surface area contributed by atoms with Crippen LogP contribution in [0.1, 0.15) is 26.7 Å². The number of carbonyl (C=O) groups excluding carboxylic acids is 1. The summed E-state index contributed by atoms with van der Waals surface area (Å²) >= 11 is 0. The Hall–Kier alpha value is -0.930. The standard InChI is InChI=1S/C7H13NO3/c1-3-11-7(9)5-4-6(2)8-10/h6H,3-5H2,1-2H3. The molecule has 0 rings (SSSR count). The van der Waals surface area contributed by atoms with Gasteiger partial charge in [-0.2, -0.15) is 4.91 Å². The van der Waals surface area contributed by atoms with E-state index in [1.165, 1.54) is 0 Å². The van der Waals surface area contributed by atoms with E-state index in [-0.39, 0.29) is 18.4 Å². The number of esters is 1. The first kappa shape index (κ1) is 10.1. The molecule has 0 saturated heterocycles. The van der Waals surface area contributed by atoms with Gasteiger partial charge in [0.25, 0.3) is 0 Å². The molecule has 0 bridgehead atoms. The second kappa shape index (κ2) is 5.82. The topological polar surface area (TPSA) is 55.7 Å². The van der Waals surface area contributed by atoms with Crippen molar-refractivity contribution in [2.75, 3.05) is 6.61 Å². The molecule has 1 unspecified atom stereocenters. The van der Waals surface area contributed by atoms with Gasteiger partial charge in [-0.1, -0.05) is 5.18 Å². The van der Waals surface area contributed by atoms with Crippen molar-refractivity contribution in [3.05, 3.63) is 4.91 Å². The second-order valence-corrected chi connectivity index (χ2v) is 2.30. The lowest BCUT2D eigenvalue weighted by Crippen LogP contribution is -2.07. The summed E-state index contributed by atoms with van der Waals surface area (Å²) in [6.45, 7) is 3.81. The summed E-state index contributed by atoms with van der Waals surface area (Å²) in [5.41, 5.74) is 0. The quantitative estimate of drug-likeness (QED) is 0.451. The van der Waals surface area contributed by atoms with E-state index < -0.39 is 0 Å². The second-order valence-electron chi connectivity index (χ2n) is 2.30. The molecule has 0 saturated carbocycles. The zero-order chi connectivity index (χ0) is 8.69. The van der Waals surface area contributed by atoms with Gasteiger partial charge in [-0.15, -0.1) is 0 Å². The Labute approximate surface area is 65.9 Å². The van der Waals surface area contributed by atoms with E-state index in [0.29, 0.717) is 13.0 Å². The average molecular weight is 159 g/mol. The maximum atomic E-state index is 10.7. The van der Waals surface area contributed by atoms with Crippen LogP contribution in [0.5, 0.6) is 0 Å². The number of hydrogen-bond donors (Lipinski definition) is 0. The molecule has 4 heteroatoms. The summed E-state index contributed by atoms with van der Waals surface area (Å²) < 4.78 is 4.65. The lowest BCUT2D eigenvalue weighted by molar-refractivity contribution is -0.143. The third-order valence-corrected chi connectivity index (χ3v) is 1.25. The molecule has 0 aliphatic heterocycles. The van der Waals surface area contributed by atoms with Crippen molar-refractivity contribution in [1.82, 2.24) is 0 Å². The van der Waals surface area contributed by atoms with Gasteiger partial charge in [0.05, 0.1) is 12.6 Å². The van der Waals surface area contributed by atoms with Crippen molar-refractivity contribution >= 4 is 5.97 Å². The third kappa shape index (κ3) is 5.51. The van der Waals surface area contributed by atoms with Crippen molar-refractivity contribution in [2.45, 2.75) is 32.7 Å². The molecule has 0 aliphatic carbocycles. The first-order valence-corrected chi connectivity index (χ1v) is 3.68. The van der Waals surface area contributed by atoms with Crippen molar-refractivity contribution in [2.24, 2.45) is 5.18 Å². The zero-order valence-corrected chi connectivity index (χ0v) is 6.87. The van der Waals surface area contributed by atoms with Crippen molar-refractivity contribution < 1.29 is 9.53 Å². The van der Waals surface area contributed by atoms with E-state index in [9.17, 15) is 9.70 Å². The molecule has 0 aromatic carbocycles. The van der Waals surface area contributed by atoms with E-state index in [2.05, 4.69) is 9.91 Å². The Kier molecular flexibility index (Phi) is 5.33. The molecule has 0 aromatic heterocycles. The van der Waals surface area contributed by atoms with Crippen molar-refractivity contribution in [3.63, 3.8) is 0 Å². The molecule has 4 nitrogen and oxygen atoms in total. The smallest absolute Gasteiger partial charge is 0.305 e. The summed E-state index contributed by atoms with van der Waals surface area (Å²) in [5, 5.41) is 2.76. The maximum absolute atomic E-state index is 10.7. The molecule has 0 radical (unpaired) electrons. The molecule has 64 valence electrons. The van der Waals surface area contributed by atoms with Crippen LogP contribution in [0.15, 0.2) is 5.18 Å². The summed E-state index contributed by atoms with van der Waals surface area (Å²) in [4.78, 5) is 20.6. The predicted octanol–water partition coefficient (Wildman–Crippen LogP) is 1.48. The van der Waals surface area contributed by atoms with E-state index in [1.54, 1.807) is 13.8 Å². The first-order chi connectivity index (χ1) is 5.20. The minimum atomic E-state index is -0.292. The molecular formula is C7H13NO3. The van der Waals surface area contributed by atoms with Crippen LogP contribution >= 0.6 is 0 Å². The molecule has 0 amide bonds. The average Bonchev–Trinajstić information content (AvgIpc) is 2.01. The van der Waals surface area contributed by atoms with Crippen LogP contribution in [0.3, 0.4) is 0 Å². The molecule has 0 aromatic rings. The van der Waals surface area contributed by atoms with Gasteiger partial charge in [-0.25, -0.2) is 0 Å². The van der Waals surface area contributed by atoms with Gasteiger partial charge in [0.1, 0.15) is 0 Å². The lowest BCUT2D eigenvalue weighted by atomic mass is 10.2. The van der Waals surface area contributed by atoms with Crippen molar-refractivity contribution in [1.29, 1.82) is 0 Å². The summed E-state index contributed by atoms with van der Waals surface area (Å²) in [6.07, 6.45) is 0.753. The van der Waals surface area contributed by atoms with Gasteiger partial charge >= 0.3 is 5.97 Å². The molecule has 11 heavy (non-hydrogen) atoms. The van der Waals surface area contributed by atoms with Crippen LogP contribution in [0.25, 0.3) is 0 Å². The van der Waals surface area contributed by atoms with Crippen LogP contribution < -0.4 is 0 Å². The maximum Gasteiger partial charge on any atom is 0.305 e. The van der Waals surface area contributed by atoms with Crippen LogP contribution in [0, 0.1) is 4.91 Å². The largest absolute Gasteiger partial charge is 0.466 e. The number of nitroso groups, excluding NO2 is 1. The van der Waals surface area contributed by atoms with Crippen molar-refractivity contribution in [3.8, 4) is 0 Å². The molecule has 0 fully saturated rings. The molecular weight excluding hydrogens is 146 g/mol. The number of ether oxygens (including phenoxy) is 1. The highest BCUT2D eigenvalue weighted by atomic mass is 16.5. The van der Waals surface area contributed by atoms with E-state index in [4.69, 9.17) is 0 Å². The fourth-order valence-electron chi connectivity index (χ4n) is 0.613. The highest BCUT2D eigenvalue weighted by Gasteiger charge is 2.05. The Morgan fingerprint density at radius 3 is 2.73 bits per heavy atom.